The van der Waals surface area contributed by atoms with Gasteiger partial charge < -0.3 is 20.3 Å². The van der Waals surface area contributed by atoms with E-state index < -0.39 is 5.60 Å². The van der Waals surface area contributed by atoms with Gasteiger partial charge in [0.05, 0.1) is 46.1 Å². The molecule has 4 aromatic rings. The van der Waals surface area contributed by atoms with Crippen LogP contribution in [0.3, 0.4) is 0 Å². The van der Waals surface area contributed by atoms with E-state index in [0.29, 0.717) is 40.6 Å². The number of ether oxygens (including phenoxy) is 1. The van der Waals surface area contributed by atoms with E-state index in [1.165, 1.54) is 17.5 Å². The van der Waals surface area contributed by atoms with E-state index in [0.717, 1.165) is 16.9 Å². The molecule has 1 atom stereocenters. The summed E-state index contributed by atoms with van der Waals surface area (Å²) in [5.74, 6) is -0.466. The van der Waals surface area contributed by atoms with Crippen molar-refractivity contribution >= 4 is 45.4 Å². The summed E-state index contributed by atoms with van der Waals surface area (Å²) in [6, 6.07) is 1.69. The number of fused-ring (bicyclic) bond motifs is 1. The Hall–Kier alpha value is -4.26. The average Bonchev–Trinajstić information content (AvgIpc) is 3.64. The molecule has 40 heavy (non-hydrogen) atoms. The smallest absolute Gasteiger partial charge is 0.410 e. The van der Waals surface area contributed by atoms with E-state index in [4.69, 9.17) is 4.74 Å². The highest BCUT2D eigenvalue weighted by Crippen LogP contribution is 2.31. The molecular weight excluding hydrogens is 532 g/mol. The standard InChI is InChI=1S/C27H32N8O4S/c1-16-21(32-24(37)20-12-30-35-15-22(40-25(20)35)18-10-29-33(5)14-18)9-19(11-28-16)31-23(36)8-17-6-7-34(13-17)26(38)39-27(2,3)4/h9-12,14-15,17H,6-8,13H2,1-5H3,(H,31,36)(H,32,37)/t17-/m1/s1. The largest absolute Gasteiger partial charge is 0.444 e. The van der Waals surface area contributed by atoms with E-state index in [1.807, 2.05) is 40.2 Å². The first-order chi connectivity index (χ1) is 18.9. The molecule has 12 nitrogen and oxygen atoms in total. The number of hydrogen-bond donors (Lipinski definition) is 2. The molecule has 5 rings (SSSR count). The molecule has 0 aromatic carbocycles. The van der Waals surface area contributed by atoms with Gasteiger partial charge in [0.25, 0.3) is 5.91 Å². The fraction of sp³-hybridized carbons (Fsp3) is 0.407. The topological polar surface area (TPSA) is 136 Å². The normalized spacial score (nSPS) is 15.4. The third-order valence-electron chi connectivity index (χ3n) is 6.46. The molecule has 0 bridgehead atoms. The zero-order valence-corrected chi connectivity index (χ0v) is 23.9. The predicted octanol–water partition coefficient (Wildman–Crippen LogP) is 4.34. The maximum atomic E-state index is 13.2. The Labute approximate surface area is 235 Å². The van der Waals surface area contributed by atoms with Crippen molar-refractivity contribution in [2.45, 2.75) is 46.1 Å². The minimum Gasteiger partial charge on any atom is -0.444 e. The summed E-state index contributed by atoms with van der Waals surface area (Å²) in [4.78, 5) is 45.9. The highest BCUT2D eigenvalue weighted by atomic mass is 32.1. The van der Waals surface area contributed by atoms with Crippen LogP contribution in [0.25, 0.3) is 15.3 Å². The predicted molar refractivity (Wildman–Crippen MR) is 151 cm³/mol. The lowest BCUT2D eigenvalue weighted by molar-refractivity contribution is -0.117. The van der Waals surface area contributed by atoms with Crippen molar-refractivity contribution in [1.29, 1.82) is 0 Å². The number of nitrogens with one attached hydrogen (secondary N) is 2. The lowest BCUT2D eigenvalue weighted by Gasteiger charge is -2.24. The van der Waals surface area contributed by atoms with Crippen molar-refractivity contribution in [2.24, 2.45) is 13.0 Å². The van der Waals surface area contributed by atoms with Gasteiger partial charge in [-0.05, 0) is 46.1 Å². The summed E-state index contributed by atoms with van der Waals surface area (Å²) < 4.78 is 8.83. The van der Waals surface area contributed by atoms with Crippen molar-refractivity contribution in [1.82, 2.24) is 29.3 Å². The van der Waals surface area contributed by atoms with Crippen LogP contribution in [0.4, 0.5) is 16.2 Å². The molecule has 0 unspecified atom stereocenters. The number of anilines is 2. The maximum Gasteiger partial charge on any atom is 0.410 e. The van der Waals surface area contributed by atoms with Crippen molar-refractivity contribution in [3.63, 3.8) is 0 Å². The van der Waals surface area contributed by atoms with Crippen LogP contribution in [0.15, 0.2) is 37.1 Å². The third kappa shape index (κ3) is 6.14. The molecule has 0 spiro atoms. The number of pyridine rings is 1. The molecule has 1 fully saturated rings. The Morgan fingerprint density at radius 2 is 1.93 bits per heavy atom. The number of aryl methyl sites for hydroxylation is 2. The fourth-order valence-corrected chi connectivity index (χ4v) is 5.54. The molecule has 1 saturated heterocycles. The molecule has 1 aliphatic rings. The van der Waals surface area contributed by atoms with Gasteiger partial charge in [0, 0.05) is 44.5 Å². The van der Waals surface area contributed by atoms with Crippen molar-refractivity contribution in [2.75, 3.05) is 23.7 Å². The summed E-state index contributed by atoms with van der Waals surface area (Å²) >= 11 is 1.45. The van der Waals surface area contributed by atoms with Gasteiger partial charge >= 0.3 is 6.09 Å². The second-order valence-electron chi connectivity index (χ2n) is 11.0. The molecule has 0 radical (unpaired) electrons. The van der Waals surface area contributed by atoms with Crippen molar-refractivity contribution < 1.29 is 19.1 Å². The number of nitrogens with zero attached hydrogens (tertiary/aromatic N) is 6. The third-order valence-corrected chi connectivity index (χ3v) is 7.62. The molecule has 4 aromatic heterocycles. The molecule has 2 N–H and O–H groups in total. The number of likely N-dealkylation sites (tertiary alicyclic amines) is 1. The molecule has 1 aliphatic heterocycles. The Morgan fingerprint density at radius 3 is 2.65 bits per heavy atom. The first-order valence-corrected chi connectivity index (χ1v) is 13.8. The van der Waals surface area contributed by atoms with E-state index >= 15 is 0 Å². The first kappa shape index (κ1) is 27.3. The Balaban J connectivity index is 1.21. The second kappa shape index (κ2) is 10.7. The van der Waals surface area contributed by atoms with Crippen molar-refractivity contribution in [3.8, 4) is 10.4 Å². The number of carbonyl (C=O) groups excluding carboxylic acids is 3. The molecular formula is C27H32N8O4S. The number of carbonyl (C=O) groups is 3. The van der Waals surface area contributed by atoms with Crippen LogP contribution < -0.4 is 10.6 Å². The molecule has 0 aliphatic carbocycles. The minimum atomic E-state index is -0.561. The fourth-order valence-electron chi connectivity index (χ4n) is 4.51. The highest BCUT2D eigenvalue weighted by molar-refractivity contribution is 7.21. The minimum absolute atomic E-state index is 0.0391. The van der Waals surface area contributed by atoms with Gasteiger partial charge in [0.2, 0.25) is 5.91 Å². The molecule has 3 amide bonds. The van der Waals surface area contributed by atoms with Gasteiger partial charge in [-0.2, -0.15) is 10.2 Å². The number of amides is 3. The molecule has 210 valence electrons. The van der Waals surface area contributed by atoms with Crippen LogP contribution >= 0.6 is 11.3 Å². The lowest BCUT2D eigenvalue weighted by atomic mass is 10.0. The molecule has 13 heteroatoms. The SMILES string of the molecule is Cc1ncc(NC(=O)C[C@H]2CCN(C(=O)OC(C)(C)C)C2)cc1NC(=O)c1cnn2cc(-c3cnn(C)c3)sc12. The number of aromatic nitrogens is 5. The van der Waals surface area contributed by atoms with Crippen LogP contribution in [-0.4, -0.2) is 65.9 Å². The number of hydrogen-bond acceptors (Lipinski definition) is 8. The van der Waals surface area contributed by atoms with E-state index in [-0.39, 0.29) is 30.2 Å². The van der Waals surface area contributed by atoms with Gasteiger partial charge in [-0.1, -0.05) is 0 Å². The molecule has 5 heterocycles. The van der Waals surface area contributed by atoms with Gasteiger partial charge in [0.15, 0.2) is 0 Å². The van der Waals surface area contributed by atoms with Crippen LogP contribution in [0, 0.1) is 12.8 Å². The quantitative estimate of drug-likeness (QED) is 0.356. The summed E-state index contributed by atoms with van der Waals surface area (Å²) in [5, 5.41) is 14.3. The summed E-state index contributed by atoms with van der Waals surface area (Å²) in [6.07, 6.45) is 9.27. The van der Waals surface area contributed by atoms with Crippen molar-refractivity contribution in [3.05, 3.63) is 48.3 Å². The maximum absolute atomic E-state index is 13.2. The monoisotopic (exact) mass is 564 g/mol. The lowest BCUT2D eigenvalue weighted by Crippen LogP contribution is -2.35. The van der Waals surface area contributed by atoms with E-state index in [9.17, 15) is 14.4 Å². The Kier molecular flexibility index (Phi) is 7.32. The average molecular weight is 565 g/mol. The second-order valence-corrected chi connectivity index (χ2v) is 12.0. The van der Waals surface area contributed by atoms with Gasteiger partial charge in [-0.25, -0.2) is 9.31 Å². The van der Waals surface area contributed by atoms with Gasteiger partial charge in [0.1, 0.15) is 10.4 Å². The Bertz CT molecular complexity index is 1580. The van der Waals surface area contributed by atoms with E-state index in [1.54, 1.807) is 39.5 Å². The summed E-state index contributed by atoms with van der Waals surface area (Å²) in [6.45, 7) is 8.31. The highest BCUT2D eigenvalue weighted by Gasteiger charge is 2.31. The zero-order valence-electron chi connectivity index (χ0n) is 23.1. The number of thiazole rings is 1. The summed E-state index contributed by atoms with van der Waals surface area (Å²) in [5.41, 5.74) is 2.40. The van der Waals surface area contributed by atoms with Crippen LogP contribution in [0.2, 0.25) is 0 Å². The first-order valence-electron chi connectivity index (χ1n) is 13.0. The Morgan fingerprint density at radius 1 is 1.12 bits per heavy atom. The van der Waals surface area contributed by atoms with Crippen LogP contribution in [0.5, 0.6) is 0 Å². The summed E-state index contributed by atoms with van der Waals surface area (Å²) in [7, 11) is 1.85. The van der Waals surface area contributed by atoms with Gasteiger partial charge in [-0.3, -0.25) is 19.3 Å². The van der Waals surface area contributed by atoms with E-state index in [2.05, 4.69) is 25.8 Å². The van der Waals surface area contributed by atoms with Crippen LogP contribution in [0.1, 0.15) is 49.7 Å². The zero-order chi connectivity index (χ0) is 28.6. The molecule has 0 saturated carbocycles. The van der Waals surface area contributed by atoms with Gasteiger partial charge in [-0.15, -0.1) is 11.3 Å². The number of rotatable bonds is 6. The van der Waals surface area contributed by atoms with Crippen LogP contribution in [-0.2, 0) is 16.6 Å².